The molecule has 0 unspecified atom stereocenters. The van der Waals surface area contributed by atoms with Crippen LogP contribution >= 0.6 is 0 Å². The third kappa shape index (κ3) is 4.29. The highest BCUT2D eigenvalue weighted by Crippen LogP contribution is 2.19. The molecule has 0 saturated heterocycles. The molecule has 1 aliphatic heterocycles. The number of hydrogen-bond donors (Lipinski definition) is 1. The summed E-state index contributed by atoms with van der Waals surface area (Å²) in [6.45, 7) is 0.816. The van der Waals surface area contributed by atoms with Gasteiger partial charge in [0.25, 0.3) is 0 Å². The number of hydrogen-bond acceptors (Lipinski definition) is 2. The standard InChI is InChI=1S/C29H26N6/c1-31-20-21-35(23-31)29-8-4-27(5-9-29)33-17-12-25(13-18-33)24-10-15-32(16-11-24)26-2-6-28(7-3-26)34-19-14-30-22-34/h2-21,23H,22H2,1H3/q+2/p+1. The van der Waals surface area contributed by atoms with E-state index in [0.717, 1.165) is 23.7 Å². The molecular formula is C29H27N6+3. The van der Waals surface area contributed by atoms with Crippen LogP contribution in [-0.4, -0.2) is 11.2 Å². The number of nitrogens with zero attached hydrogens (tertiary/aromatic N) is 5. The highest BCUT2D eigenvalue weighted by molar-refractivity contribution is 5.61. The fraction of sp³-hybridized carbons (Fsp3) is 0.0690. The molecule has 0 amide bonds. The van der Waals surface area contributed by atoms with Gasteiger partial charge in [0, 0.05) is 66.6 Å². The molecule has 4 heterocycles. The lowest BCUT2D eigenvalue weighted by atomic mass is 10.1. The highest BCUT2D eigenvalue weighted by Gasteiger charge is 2.12. The van der Waals surface area contributed by atoms with Gasteiger partial charge < -0.3 is 10.2 Å². The number of pyridine rings is 2. The SMILES string of the molecule is C[n+]1ccn(-c2ccc(-[n+]3ccc(-c4cc[n+](-c5ccc(N6C=CNC6)cc5)cc4)cc3)cc2)c1. The summed E-state index contributed by atoms with van der Waals surface area (Å²) in [5.74, 6) is 0. The van der Waals surface area contributed by atoms with E-state index < -0.39 is 0 Å². The Morgan fingerprint density at radius 3 is 1.66 bits per heavy atom. The van der Waals surface area contributed by atoms with Gasteiger partial charge in [0.1, 0.15) is 18.1 Å². The van der Waals surface area contributed by atoms with Crippen LogP contribution in [0.5, 0.6) is 0 Å². The van der Waals surface area contributed by atoms with Crippen LogP contribution in [0.15, 0.2) is 129 Å². The van der Waals surface area contributed by atoms with E-state index in [4.69, 9.17) is 0 Å². The second-order valence-electron chi connectivity index (χ2n) is 8.66. The molecule has 1 N–H and O–H groups in total. The Labute approximate surface area is 204 Å². The molecule has 6 heteroatoms. The van der Waals surface area contributed by atoms with Crippen molar-refractivity contribution in [3.63, 3.8) is 0 Å². The molecule has 6 nitrogen and oxygen atoms in total. The van der Waals surface area contributed by atoms with Crippen molar-refractivity contribution in [3.8, 4) is 28.2 Å². The van der Waals surface area contributed by atoms with E-state index in [1.165, 1.54) is 16.8 Å². The van der Waals surface area contributed by atoms with Crippen molar-refractivity contribution >= 4 is 5.69 Å². The summed E-state index contributed by atoms with van der Waals surface area (Å²) in [5.41, 5.74) is 6.97. The minimum atomic E-state index is 0.816. The van der Waals surface area contributed by atoms with Gasteiger partial charge in [-0.2, -0.15) is 9.13 Å². The Morgan fingerprint density at radius 2 is 1.20 bits per heavy atom. The summed E-state index contributed by atoms with van der Waals surface area (Å²) < 4.78 is 8.42. The van der Waals surface area contributed by atoms with Crippen molar-refractivity contribution in [1.82, 2.24) is 9.88 Å². The van der Waals surface area contributed by atoms with Crippen LogP contribution in [0.4, 0.5) is 5.69 Å². The van der Waals surface area contributed by atoms with Crippen LogP contribution in [-0.2, 0) is 7.05 Å². The molecule has 0 fully saturated rings. The number of nitrogens with one attached hydrogen (secondary N) is 1. The summed E-state index contributed by atoms with van der Waals surface area (Å²) >= 11 is 0. The molecule has 170 valence electrons. The first kappa shape index (κ1) is 20.9. The average Bonchev–Trinajstić information content (AvgIpc) is 3.62. The molecule has 2 aromatic carbocycles. The van der Waals surface area contributed by atoms with Gasteiger partial charge in [0.15, 0.2) is 24.8 Å². The van der Waals surface area contributed by atoms with Gasteiger partial charge in [-0.15, -0.1) is 0 Å². The Balaban J connectivity index is 1.16. The maximum atomic E-state index is 3.20. The van der Waals surface area contributed by atoms with Crippen molar-refractivity contribution < 1.29 is 13.7 Å². The smallest absolute Gasteiger partial charge is 0.248 e. The lowest BCUT2D eigenvalue weighted by Gasteiger charge is -2.14. The lowest BCUT2D eigenvalue weighted by molar-refractivity contribution is -0.670. The molecule has 0 radical (unpaired) electrons. The quantitative estimate of drug-likeness (QED) is 0.409. The maximum Gasteiger partial charge on any atom is 0.248 e. The summed E-state index contributed by atoms with van der Waals surface area (Å²) in [6, 6.07) is 25.8. The van der Waals surface area contributed by atoms with Gasteiger partial charge in [0.2, 0.25) is 17.7 Å². The normalized spacial score (nSPS) is 12.7. The van der Waals surface area contributed by atoms with Crippen LogP contribution in [0.1, 0.15) is 0 Å². The number of anilines is 1. The van der Waals surface area contributed by atoms with Crippen LogP contribution < -0.4 is 23.9 Å². The zero-order valence-electron chi connectivity index (χ0n) is 19.6. The fourth-order valence-electron chi connectivity index (χ4n) is 4.32. The molecular weight excluding hydrogens is 432 g/mol. The Bertz CT molecular complexity index is 1460. The van der Waals surface area contributed by atoms with Gasteiger partial charge in [-0.25, -0.2) is 9.13 Å². The summed E-state index contributed by atoms with van der Waals surface area (Å²) in [7, 11) is 2.02. The number of benzene rings is 2. The first-order valence-electron chi connectivity index (χ1n) is 11.7. The van der Waals surface area contributed by atoms with Crippen LogP contribution in [0.3, 0.4) is 0 Å². The topological polar surface area (TPSA) is 31.8 Å². The third-order valence-electron chi connectivity index (χ3n) is 6.32. The zero-order chi connectivity index (χ0) is 23.6. The number of aromatic nitrogens is 4. The third-order valence-corrected chi connectivity index (χ3v) is 6.32. The average molecular weight is 460 g/mol. The molecule has 6 rings (SSSR count). The van der Waals surface area contributed by atoms with E-state index in [-0.39, 0.29) is 0 Å². The van der Waals surface area contributed by atoms with E-state index >= 15 is 0 Å². The van der Waals surface area contributed by atoms with E-state index in [9.17, 15) is 0 Å². The molecule has 5 aromatic rings. The predicted molar refractivity (Wildman–Crippen MR) is 135 cm³/mol. The second kappa shape index (κ2) is 8.91. The van der Waals surface area contributed by atoms with Crippen molar-refractivity contribution in [2.24, 2.45) is 7.05 Å². The van der Waals surface area contributed by atoms with Crippen molar-refractivity contribution in [3.05, 3.63) is 129 Å². The number of rotatable bonds is 5. The Kier molecular flexibility index (Phi) is 5.31. The number of imidazole rings is 1. The Hall–Kier alpha value is -4.71. The zero-order valence-corrected chi connectivity index (χ0v) is 19.6. The first-order chi connectivity index (χ1) is 17.2. The molecule has 0 aliphatic carbocycles. The van der Waals surface area contributed by atoms with Crippen molar-refractivity contribution in [1.29, 1.82) is 0 Å². The molecule has 0 saturated carbocycles. The van der Waals surface area contributed by atoms with Crippen LogP contribution in [0, 0.1) is 0 Å². The van der Waals surface area contributed by atoms with Gasteiger partial charge in [0.05, 0.1) is 13.7 Å². The van der Waals surface area contributed by atoms with E-state index in [1.807, 2.05) is 24.0 Å². The van der Waals surface area contributed by atoms with Crippen LogP contribution in [0.25, 0.3) is 28.2 Å². The molecule has 0 bridgehead atoms. The molecule has 0 spiro atoms. The molecule has 3 aromatic heterocycles. The first-order valence-corrected chi connectivity index (χ1v) is 11.7. The second-order valence-corrected chi connectivity index (χ2v) is 8.66. The van der Waals surface area contributed by atoms with Crippen LogP contribution in [0.2, 0.25) is 0 Å². The van der Waals surface area contributed by atoms with Crippen molar-refractivity contribution in [2.75, 3.05) is 11.6 Å². The lowest BCUT2D eigenvalue weighted by Crippen LogP contribution is -2.30. The number of aryl methyl sites for hydroxylation is 1. The highest BCUT2D eigenvalue weighted by atomic mass is 15.2. The van der Waals surface area contributed by atoms with E-state index in [2.05, 4.69) is 140 Å². The van der Waals surface area contributed by atoms with Crippen molar-refractivity contribution in [2.45, 2.75) is 0 Å². The van der Waals surface area contributed by atoms with Gasteiger partial charge in [-0.1, -0.05) is 0 Å². The summed E-state index contributed by atoms with van der Waals surface area (Å²) in [5, 5.41) is 3.20. The van der Waals surface area contributed by atoms with E-state index in [0.29, 0.717) is 0 Å². The minimum absolute atomic E-state index is 0.816. The Morgan fingerprint density at radius 1 is 0.657 bits per heavy atom. The molecule has 35 heavy (non-hydrogen) atoms. The maximum absolute atomic E-state index is 3.20. The predicted octanol–water partition coefficient (Wildman–Crippen LogP) is 3.36. The fourth-order valence-corrected chi connectivity index (χ4v) is 4.32. The summed E-state index contributed by atoms with van der Waals surface area (Å²) in [6.07, 6.45) is 18.6. The van der Waals surface area contributed by atoms with Gasteiger partial charge in [-0.3, -0.25) is 0 Å². The van der Waals surface area contributed by atoms with Gasteiger partial charge >= 0.3 is 0 Å². The summed E-state index contributed by atoms with van der Waals surface area (Å²) in [4.78, 5) is 2.18. The van der Waals surface area contributed by atoms with E-state index in [1.54, 1.807) is 0 Å². The largest absolute Gasteiger partial charge is 0.372 e. The van der Waals surface area contributed by atoms with Gasteiger partial charge in [-0.05, 0) is 35.4 Å². The monoisotopic (exact) mass is 459 g/mol. The molecule has 0 atom stereocenters. The minimum Gasteiger partial charge on any atom is -0.372 e. The molecule has 1 aliphatic rings.